The summed E-state index contributed by atoms with van der Waals surface area (Å²) in [6, 6.07) is 10.4. The Hall–Kier alpha value is -4.28. The Morgan fingerprint density at radius 2 is 1.80 bits per heavy atom. The van der Waals surface area contributed by atoms with Crippen molar-refractivity contribution in [2.75, 3.05) is 25.1 Å². The van der Waals surface area contributed by atoms with Gasteiger partial charge in [0.25, 0.3) is 0 Å². The van der Waals surface area contributed by atoms with Gasteiger partial charge in [-0.05, 0) is 67.6 Å². The molecule has 3 heterocycles. The number of hydrogen-bond donors (Lipinski definition) is 1. The van der Waals surface area contributed by atoms with Gasteiger partial charge in [0.15, 0.2) is 17.5 Å². The molecule has 3 aliphatic rings. The topological polar surface area (TPSA) is 92.2 Å². The lowest BCUT2D eigenvalue weighted by Crippen LogP contribution is -2.38. The third kappa shape index (κ3) is 4.83. The third-order valence-electron chi connectivity index (χ3n) is 8.24. The van der Waals surface area contributed by atoms with Crippen LogP contribution in [0.15, 0.2) is 42.5 Å². The molecule has 0 spiro atoms. The molecule has 0 unspecified atom stereocenters. The Morgan fingerprint density at radius 1 is 1.07 bits per heavy atom. The molecule has 2 saturated heterocycles. The third-order valence-corrected chi connectivity index (χ3v) is 8.24. The van der Waals surface area contributed by atoms with Crippen LogP contribution < -0.4 is 9.64 Å². The summed E-state index contributed by atoms with van der Waals surface area (Å²) in [7, 11) is 1.54. The second-order valence-corrected chi connectivity index (χ2v) is 10.7. The number of cyclic esters (lactones) is 1. The van der Waals surface area contributed by atoms with E-state index in [4.69, 9.17) is 14.5 Å². The largest absolute Gasteiger partial charge is 0.496 e. The van der Waals surface area contributed by atoms with E-state index in [-0.39, 0.29) is 18.0 Å². The molecule has 11 heteroatoms. The number of carbonyl (C=O) groups excluding carboxylic acids is 1. The number of rotatable bonds is 8. The fraction of sp³-hybridized carbons (Fsp3) is 0.367. The first kappa shape index (κ1) is 26.9. The van der Waals surface area contributed by atoms with Gasteiger partial charge in [-0.25, -0.2) is 22.9 Å². The standard InChI is InChI=1S/C30H28F3N3O5/c1-15-28(17-11-22(31)27(33)23(32)12-17)41-30(39)36(15)14-24-18(5-7-26(34-24)35-8-3-9-35)20-10-16(4-6-25(20)40-2)19-13-21(19)29(37)38/h4-7,10-12,15,19,21,28H,3,8-9,13-14H2,1-2H3,(H,37,38)/t15-,19-,21+,28-/m0/s1. The number of amides is 1. The molecule has 2 aromatic carbocycles. The van der Waals surface area contributed by atoms with Crippen molar-refractivity contribution < 1.29 is 37.3 Å². The zero-order valence-electron chi connectivity index (χ0n) is 22.4. The van der Waals surface area contributed by atoms with E-state index in [0.717, 1.165) is 43.0 Å². The van der Waals surface area contributed by atoms with E-state index < -0.39 is 47.6 Å². The van der Waals surface area contributed by atoms with E-state index in [0.29, 0.717) is 29.0 Å². The smallest absolute Gasteiger partial charge is 0.411 e. The maximum Gasteiger partial charge on any atom is 0.411 e. The molecule has 6 rings (SSSR count). The number of carbonyl (C=O) groups is 2. The van der Waals surface area contributed by atoms with E-state index in [1.807, 2.05) is 24.3 Å². The molecule has 0 radical (unpaired) electrons. The fourth-order valence-corrected chi connectivity index (χ4v) is 5.64. The molecule has 2 aliphatic heterocycles. The molecule has 3 fully saturated rings. The van der Waals surface area contributed by atoms with Gasteiger partial charge in [0.2, 0.25) is 0 Å². The quantitative estimate of drug-likeness (QED) is 0.352. The predicted molar refractivity (Wildman–Crippen MR) is 142 cm³/mol. The minimum absolute atomic E-state index is 0.0130. The number of carboxylic acids is 1. The maximum atomic E-state index is 14.0. The van der Waals surface area contributed by atoms with E-state index in [2.05, 4.69) is 4.90 Å². The van der Waals surface area contributed by atoms with Gasteiger partial charge < -0.3 is 19.5 Å². The number of anilines is 1. The van der Waals surface area contributed by atoms with Crippen molar-refractivity contribution in [3.05, 3.63) is 76.7 Å². The SMILES string of the molecule is COc1ccc([C@@H]2C[C@H]2C(=O)O)cc1-c1ccc(N2CCC2)nc1CN1C(=O)O[C@H](c2cc(F)c(F)c(F)c2)[C@@H]1C. The predicted octanol–water partition coefficient (Wildman–Crippen LogP) is 5.65. The van der Waals surface area contributed by atoms with Crippen molar-refractivity contribution in [3.8, 4) is 16.9 Å². The van der Waals surface area contributed by atoms with Crippen LogP contribution in [0.1, 0.15) is 48.6 Å². The second-order valence-electron chi connectivity index (χ2n) is 10.7. The van der Waals surface area contributed by atoms with Crippen LogP contribution in [0.4, 0.5) is 23.8 Å². The summed E-state index contributed by atoms with van der Waals surface area (Å²) in [5.74, 6) is -4.35. The van der Waals surface area contributed by atoms with Crippen molar-refractivity contribution in [3.63, 3.8) is 0 Å². The van der Waals surface area contributed by atoms with Crippen molar-refractivity contribution in [2.24, 2.45) is 5.92 Å². The number of aromatic nitrogens is 1. The maximum absolute atomic E-state index is 14.0. The van der Waals surface area contributed by atoms with Crippen molar-refractivity contribution in [1.82, 2.24) is 9.88 Å². The van der Waals surface area contributed by atoms with Crippen LogP contribution >= 0.6 is 0 Å². The molecule has 1 aromatic heterocycles. The van der Waals surface area contributed by atoms with Gasteiger partial charge in [0.05, 0.1) is 31.3 Å². The molecular weight excluding hydrogens is 539 g/mol. The monoisotopic (exact) mass is 567 g/mol. The van der Waals surface area contributed by atoms with Gasteiger partial charge in [-0.1, -0.05) is 6.07 Å². The number of halogens is 3. The molecule has 41 heavy (non-hydrogen) atoms. The van der Waals surface area contributed by atoms with Crippen molar-refractivity contribution in [1.29, 1.82) is 0 Å². The van der Waals surface area contributed by atoms with Crippen LogP contribution in [0, 0.1) is 23.4 Å². The summed E-state index contributed by atoms with van der Waals surface area (Å²) in [6.07, 6.45) is -0.112. The van der Waals surface area contributed by atoms with Crippen LogP contribution in [0.25, 0.3) is 11.1 Å². The number of ether oxygens (including phenoxy) is 2. The van der Waals surface area contributed by atoms with E-state index >= 15 is 0 Å². The van der Waals surface area contributed by atoms with Crippen LogP contribution in [-0.4, -0.2) is 53.3 Å². The number of pyridine rings is 1. The van der Waals surface area contributed by atoms with Crippen LogP contribution in [0.3, 0.4) is 0 Å². The number of aliphatic carboxylic acids is 1. The molecule has 1 N–H and O–H groups in total. The van der Waals surface area contributed by atoms with Crippen LogP contribution in [0.5, 0.6) is 5.75 Å². The summed E-state index contributed by atoms with van der Waals surface area (Å²) in [5, 5.41) is 9.44. The minimum atomic E-state index is -1.59. The summed E-state index contributed by atoms with van der Waals surface area (Å²) in [6.45, 7) is 3.42. The number of benzene rings is 2. The lowest BCUT2D eigenvalue weighted by atomic mass is 9.97. The first-order valence-electron chi connectivity index (χ1n) is 13.4. The average molecular weight is 568 g/mol. The Balaban J connectivity index is 1.37. The number of hydrogen-bond acceptors (Lipinski definition) is 6. The molecule has 0 bridgehead atoms. The highest BCUT2D eigenvalue weighted by molar-refractivity contribution is 5.78. The van der Waals surface area contributed by atoms with Gasteiger partial charge in [0, 0.05) is 29.8 Å². The molecule has 1 saturated carbocycles. The number of nitrogens with zero attached hydrogens (tertiary/aromatic N) is 3. The van der Waals surface area contributed by atoms with E-state index in [1.165, 1.54) is 4.90 Å². The Kier molecular flexibility index (Phi) is 6.75. The van der Waals surface area contributed by atoms with Gasteiger partial charge in [-0.3, -0.25) is 9.69 Å². The van der Waals surface area contributed by atoms with Crippen molar-refractivity contribution >= 4 is 17.9 Å². The average Bonchev–Trinajstić information content (AvgIpc) is 3.68. The zero-order valence-corrected chi connectivity index (χ0v) is 22.4. The molecule has 1 amide bonds. The minimum Gasteiger partial charge on any atom is -0.496 e. The van der Waals surface area contributed by atoms with Gasteiger partial charge >= 0.3 is 12.1 Å². The molecule has 4 atom stereocenters. The van der Waals surface area contributed by atoms with Gasteiger partial charge in [-0.2, -0.15) is 0 Å². The molecule has 1 aliphatic carbocycles. The molecule has 214 valence electrons. The zero-order chi connectivity index (χ0) is 29.0. The summed E-state index contributed by atoms with van der Waals surface area (Å²) < 4.78 is 52.6. The lowest BCUT2D eigenvalue weighted by molar-refractivity contribution is -0.138. The Bertz CT molecular complexity index is 1520. The number of methoxy groups -OCH3 is 1. The lowest BCUT2D eigenvalue weighted by Gasteiger charge is -2.33. The molecular formula is C30H28F3N3O5. The summed E-state index contributed by atoms with van der Waals surface area (Å²) >= 11 is 0. The molecule has 8 nitrogen and oxygen atoms in total. The number of carboxylic acid groups (broad SMARTS) is 1. The first-order valence-corrected chi connectivity index (χ1v) is 13.4. The van der Waals surface area contributed by atoms with Gasteiger partial charge in [0.1, 0.15) is 17.7 Å². The Labute approximate surface area is 234 Å². The summed E-state index contributed by atoms with van der Waals surface area (Å²) in [4.78, 5) is 33.0. The van der Waals surface area contributed by atoms with E-state index in [9.17, 15) is 27.9 Å². The van der Waals surface area contributed by atoms with E-state index in [1.54, 1.807) is 20.1 Å². The van der Waals surface area contributed by atoms with Crippen molar-refractivity contribution in [2.45, 2.75) is 44.4 Å². The molecule has 3 aromatic rings. The Morgan fingerprint density at radius 3 is 2.41 bits per heavy atom. The summed E-state index contributed by atoms with van der Waals surface area (Å²) in [5.41, 5.74) is 2.84. The normalized spacial score (nSPS) is 23.3. The van der Waals surface area contributed by atoms with Crippen LogP contribution in [-0.2, 0) is 16.1 Å². The highest BCUT2D eigenvalue weighted by Gasteiger charge is 2.45. The highest BCUT2D eigenvalue weighted by atomic mass is 19.2. The second kappa shape index (κ2) is 10.3. The van der Waals surface area contributed by atoms with Crippen LogP contribution in [0.2, 0.25) is 0 Å². The first-order chi connectivity index (χ1) is 19.7. The van der Waals surface area contributed by atoms with Gasteiger partial charge in [-0.15, -0.1) is 0 Å². The fourth-order valence-electron chi connectivity index (χ4n) is 5.64. The highest BCUT2D eigenvalue weighted by Crippen LogP contribution is 2.49.